The van der Waals surface area contributed by atoms with Crippen molar-refractivity contribution in [3.63, 3.8) is 0 Å². The summed E-state index contributed by atoms with van der Waals surface area (Å²) >= 11 is 3.33. The van der Waals surface area contributed by atoms with E-state index in [1.807, 2.05) is 26.0 Å². The van der Waals surface area contributed by atoms with E-state index in [0.29, 0.717) is 6.61 Å². The van der Waals surface area contributed by atoms with Crippen molar-refractivity contribution in [3.8, 4) is 0 Å². The summed E-state index contributed by atoms with van der Waals surface area (Å²) in [6, 6.07) is 0. The average Bonchev–Trinajstić information content (AvgIpc) is 2.15. The maximum absolute atomic E-state index is 4.96. The fraction of sp³-hybridized carbons (Fsp3) is 0.333. The summed E-state index contributed by atoms with van der Waals surface area (Å²) in [4.78, 5) is 9.13. The minimum Gasteiger partial charge on any atom is -0.396 e. The first-order valence-electron chi connectivity index (χ1n) is 4.05. The Hall–Kier alpha value is -0.900. The number of rotatable bonds is 2. The average molecular weight is 243 g/mol. The molecule has 1 aliphatic rings. The van der Waals surface area contributed by atoms with Gasteiger partial charge in [-0.2, -0.15) is 0 Å². The van der Waals surface area contributed by atoms with Gasteiger partial charge in [-0.15, -0.1) is 0 Å². The predicted octanol–water partition coefficient (Wildman–Crippen LogP) is 2.65. The maximum atomic E-state index is 4.96. The third-order valence-corrected chi connectivity index (χ3v) is 1.86. The summed E-state index contributed by atoms with van der Waals surface area (Å²) in [5, 5.41) is 3.93. The monoisotopic (exact) mass is 242 g/mol. The highest BCUT2D eigenvalue weighted by Gasteiger charge is 2.07. The predicted molar refractivity (Wildman–Crippen MR) is 58.3 cm³/mol. The lowest BCUT2D eigenvalue weighted by Crippen LogP contribution is -2.04. The Bertz CT molecular complexity index is 303. The second-order valence-electron chi connectivity index (χ2n) is 2.36. The molecule has 0 radical (unpaired) electrons. The van der Waals surface area contributed by atoms with Crippen LogP contribution in [0.3, 0.4) is 0 Å². The molecule has 0 aliphatic carbocycles. The van der Waals surface area contributed by atoms with E-state index in [0.717, 1.165) is 15.9 Å². The zero-order chi connectivity index (χ0) is 9.68. The van der Waals surface area contributed by atoms with Gasteiger partial charge in [-0.1, -0.05) is 11.2 Å². The van der Waals surface area contributed by atoms with E-state index >= 15 is 0 Å². The Morgan fingerprint density at radius 2 is 2.46 bits per heavy atom. The number of allylic oxidation sites excluding steroid dienone is 3. The van der Waals surface area contributed by atoms with Crippen molar-refractivity contribution in [3.05, 3.63) is 22.3 Å². The molecule has 70 valence electrons. The van der Waals surface area contributed by atoms with E-state index in [1.165, 1.54) is 0 Å². The molecule has 0 fully saturated rings. The molecule has 1 aliphatic heterocycles. The molecule has 0 amide bonds. The number of nitrogens with zero attached hydrogens (tertiary/aromatic N) is 2. The number of hydrogen-bond donors (Lipinski definition) is 0. The summed E-state index contributed by atoms with van der Waals surface area (Å²) in [6.45, 7) is 4.38. The largest absolute Gasteiger partial charge is 0.396 e. The number of oxime groups is 1. The van der Waals surface area contributed by atoms with Crippen molar-refractivity contribution in [2.45, 2.75) is 13.8 Å². The Morgan fingerprint density at radius 1 is 1.69 bits per heavy atom. The molecule has 0 aromatic heterocycles. The molecule has 0 aromatic carbocycles. The highest BCUT2D eigenvalue weighted by molar-refractivity contribution is 9.12. The van der Waals surface area contributed by atoms with E-state index in [4.69, 9.17) is 4.84 Å². The lowest BCUT2D eigenvalue weighted by Gasteiger charge is -2.06. The van der Waals surface area contributed by atoms with Gasteiger partial charge in [-0.3, -0.25) is 4.99 Å². The molecule has 0 atom stereocenters. The third-order valence-electron chi connectivity index (χ3n) is 1.43. The van der Waals surface area contributed by atoms with Crippen LogP contribution in [0.25, 0.3) is 0 Å². The van der Waals surface area contributed by atoms with Crippen LogP contribution in [0.5, 0.6) is 0 Å². The second-order valence-corrected chi connectivity index (χ2v) is 3.27. The van der Waals surface area contributed by atoms with Crippen LogP contribution in [0.2, 0.25) is 0 Å². The lowest BCUT2D eigenvalue weighted by atomic mass is 10.2. The molecule has 0 saturated carbocycles. The summed E-state index contributed by atoms with van der Waals surface area (Å²) in [7, 11) is 0. The third kappa shape index (κ3) is 2.81. The summed E-state index contributed by atoms with van der Waals surface area (Å²) in [6.07, 6.45) is 5.50. The number of aliphatic imine (C=N–C) groups is 1. The molecule has 0 saturated heterocycles. The summed E-state index contributed by atoms with van der Waals surface area (Å²) < 4.78 is 0.900. The minimum absolute atomic E-state index is 0.565. The van der Waals surface area contributed by atoms with Gasteiger partial charge in [0.25, 0.3) is 0 Å². The Kier molecular flexibility index (Phi) is 3.89. The van der Waals surface area contributed by atoms with Crippen molar-refractivity contribution in [2.24, 2.45) is 10.1 Å². The minimum atomic E-state index is 0.565. The topological polar surface area (TPSA) is 34.0 Å². The molecular weight excluding hydrogens is 232 g/mol. The molecule has 0 N–H and O–H groups in total. The van der Waals surface area contributed by atoms with Crippen molar-refractivity contribution >= 4 is 27.9 Å². The van der Waals surface area contributed by atoms with Crippen LogP contribution in [0, 0.1) is 0 Å². The van der Waals surface area contributed by atoms with Gasteiger partial charge in [0.15, 0.2) is 0 Å². The molecule has 0 unspecified atom stereocenters. The first-order valence-corrected chi connectivity index (χ1v) is 4.85. The van der Waals surface area contributed by atoms with Gasteiger partial charge in [-0.25, -0.2) is 0 Å². The molecule has 1 heterocycles. The summed E-state index contributed by atoms with van der Waals surface area (Å²) in [5.74, 6) is 0. The van der Waals surface area contributed by atoms with Crippen LogP contribution in [-0.2, 0) is 4.84 Å². The van der Waals surface area contributed by atoms with E-state index in [2.05, 4.69) is 26.1 Å². The Balaban J connectivity index is 2.87. The van der Waals surface area contributed by atoms with E-state index in [9.17, 15) is 0 Å². The lowest BCUT2D eigenvalue weighted by molar-refractivity contribution is 0.159. The summed E-state index contributed by atoms with van der Waals surface area (Å²) in [5.41, 5.74) is 1.58. The van der Waals surface area contributed by atoms with Crippen LogP contribution in [-0.4, -0.2) is 18.5 Å². The molecular formula is C9H11BrN2O. The fourth-order valence-electron chi connectivity index (χ4n) is 0.869. The molecule has 0 aromatic rings. The number of halogens is 1. The van der Waals surface area contributed by atoms with Gasteiger partial charge in [-0.05, 0) is 35.9 Å². The molecule has 13 heavy (non-hydrogen) atoms. The Labute approximate surface area is 86.0 Å². The first kappa shape index (κ1) is 10.2. The van der Waals surface area contributed by atoms with Crippen LogP contribution >= 0.6 is 15.9 Å². The fourth-order valence-corrected chi connectivity index (χ4v) is 1.19. The second kappa shape index (κ2) is 4.97. The van der Waals surface area contributed by atoms with Crippen molar-refractivity contribution in [1.29, 1.82) is 0 Å². The standard InChI is InChI=1S/C9H11BrN2O/c1-3-8-9(12-13-4-2)5-7(10)6-11-8/h3,5-6H,4H2,1-2H3/b8-3+,12-9-. The molecule has 3 nitrogen and oxygen atoms in total. The highest BCUT2D eigenvalue weighted by Crippen LogP contribution is 2.14. The Morgan fingerprint density at radius 3 is 3.08 bits per heavy atom. The van der Waals surface area contributed by atoms with Crippen molar-refractivity contribution in [2.75, 3.05) is 6.61 Å². The van der Waals surface area contributed by atoms with Gasteiger partial charge in [0.05, 0.1) is 5.70 Å². The van der Waals surface area contributed by atoms with Gasteiger partial charge in [0, 0.05) is 10.7 Å². The number of hydrogen-bond acceptors (Lipinski definition) is 3. The van der Waals surface area contributed by atoms with E-state index in [1.54, 1.807) is 6.21 Å². The number of dihydropyridines is 1. The zero-order valence-electron chi connectivity index (χ0n) is 7.62. The van der Waals surface area contributed by atoms with Crippen molar-refractivity contribution < 1.29 is 4.84 Å². The molecule has 4 heteroatoms. The van der Waals surface area contributed by atoms with E-state index < -0.39 is 0 Å². The molecule has 0 bridgehead atoms. The van der Waals surface area contributed by atoms with Crippen LogP contribution in [0.4, 0.5) is 0 Å². The molecule has 1 rings (SSSR count). The van der Waals surface area contributed by atoms with Gasteiger partial charge >= 0.3 is 0 Å². The van der Waals surface area contributed by atoms with Crippen LogP contribution in [0.15, 0.2) is 32.5 Å². The van der Waals surface area contributed by atoms with Crippen molar-refractivity contribution in [1.82, 2.24) is 0 Å². The van der Waals surface area contributed by atoms with E-state index in [-0.39, 0.29) is 0 Å². The smallest absolute Gasteiger partial charge is 0.129 e. The van der Waals surface area contributed by atoms with Gasteiger partial charge < -0.3 is 4.84 Å². The van der Waals surface area contributed by atoms with Crippen LogP contribution < -0.4 is 0 Å². The molecule has 0 spiro atoms. The normalized spacial score (nSPS) is 22.2. The zero-order valence-corrected chi connectivity index (χ0v) is 9.21. The highest BCUT2D eigenvalue weighted by atomic mass is 79.9. The van der Waals surface area contributed by atoms with Gasteiger partial charge in [0.1, 0.15) is 12.3 Å². The maximum Gasteiger partial charge on any atom is 0.129 e. The SMILES string of the molecule is C/C=C1/N=CC(Br)=C/C1=N/OCC. The first-order chi connectivity index (χ1) is 6.27. The van der Waals surface area contributed by atoms with Crippen LogP contribution in [0.1, 0.15) is 13.8 Å². The quantitative estimate of drug-likeness (QED) is 0.686. The van der Waals surface area contributed by atoms with Gasteiger partial charge in [0.2, 0.25) is 0 Å².